The Morgan fingerprint density at radius 2 is 2.30 bits per heavy atom. The van der Waals surface area contributed by atoms with Gasteiger partial charge in [0.15, 0.2) is 11.2 Å². The number of hydrogen-bond acceptors (Lipinski definition) is 6. The highest BCUT2D eigenvalue weighted by molar-refractivity contribution is 7.86. The molecule has 2 atom stereocenters. The average Bonchev–Trinajstić information content (AvgIpc) is 2.83. The largest absolute Gasteiger partial charge is 0.474 e. The van der Waals surface area contributed by atoms with Crippen LogP contribution in [0.1, 0.15) is 19.3 Å². The van der Waals surface area contributed by atoms with E-state index in [-0.39, 0.29) is 29.8 Å². The van der Waals surface area contributed by atoms with E-state index in [1.807, 2.05) is 0 Å². The van der Waals surface area contributed by atoms with Gasteiger partial charge in [0.25, 0.3) is 0 Å². The molecule has 1 N–H and O–H groups in total. The molecule has 0 aromatic carbocycles. The van der Waals surface area contributed by atoms with Crippen LogP contribution < -0.4 is 4.74 Å². The molecular weight excluding hydrogens is 288 g/mol. The minimum Gasteiger partial charge on any atom is -0.474 e. The fraction of sp³-hybridized carbons (Fsp3) is 0.727. The summed E-state index contributed by atoms with van der Waals surface area (Å²) in [6, 6.07) is 0. The quantitative estimate of drug-likeness (QED) is 0.808. The maximum absolute atomic E-state index is 11.1. The molecule has 0 saturated carbocycles. The van der Waals surface area contributed by atoms with Crippen molar-refractivity contribution in [2.45, 2.75) is 43.1 Å². The highest BCUT2D eigenvalue weighted by atomic mass is 32.2. The second-order valence-electron chi connectivity index (χ2n) is 4.84. The third kappa shape index (κ3) is 2.80. The molecule has 0 amide bonds. The van der Waals surface area contributed by atoms with Crippen molar-refractivity contribution in [1.82, 2.24) is 9.78 Å². The SMILES string of the molecule is O=S(=O)(O)c1cnn2c1OCC(OC1CCCCO1)C2. The van der Waals surface area contributed by atoms with Gasteiger partial charge in [-0.3, -0.25) is 4.55 Å². The Kier molecular flexibility index (Phi) is 3.67. The summed E-state index contributed by atoms with van der Waals surface area (Å²) in [5.74, 6) is 0.0527. The third-order valence-electron chi connectivity index (χ3n) is 3.30. The Labute approximate surface area is 116 Å². The van der Waals surface area contributed by atoms with Crippen molar-refractivity contribution in [3.8, 4) is 5.88 Å². The first kappa shape index (κ1) is 13.8. The van der Waals surface area contributed by atoms with Crippen molar-refractivity contribution in [1.29, 1.82) is 0 Å². The number of fused-ring (bicyclic) bond motifs is 1. The molecule has 2 aliphatic heterocycles. The van der Waals surface area contributed by atoms with E-state index in [1.165, 1.54) is 4.68 Å². The van der Waals surface area contributed by atoms with E-state index in [0.717, 1.165) is 25.5 Å². The molecule has 20 heavy (non-hydrogen) atoms. The van der Waals surface area contributed by atoms with Crippen molar-refractivity contribution in [3.05, 3.63) is 6.20 Å². The Hall–Kier alpha value is -1.16. The lowest BCUT2D eigenvalue weighted by molar-refractivity contribution is -0.200. The molecule has 2 unspecified atom stereocenters. The number of aromatic nitrogens is 2. The molecule has 2 aliphatic rings. The number of hydrogen-bond donors (Lipinski definition) is 1. The average molecular weight is 304 g/mol. The lowest BCUT2D eigenvalue weighted by atomic mass is 10.2. The van der Waals surface area contributed by atoms with Gasteiger partial charge < -0.3 is 14.2 Å². The second kappa shape index (κ2) is 5.32. The maximum atomic E-state index is 11.1. The first-order chi connectivity index (χ1) is 9.54. The number of rotatable bonds is 3. The molecular formula is C11H16N2O6S. The normalized spacial score (nSPS) is 26.9. The molecule has 0 spiro atoms. The van der Waals surface area contributed by atoms with E-state index in [2.05, 4.69) is 5.10 Å². The summed E-state index contributed by atoms with van der Waals surface area (Å²) in [5, 5.41) is 3.90. The van der Waals surface area contributed by atoms with Gasteiger partial charge in [0.2, 0.25) is 5.88 Å². The van der Waals surface area contributed by atoms with Gasteiger partial charge in [0, 0.05) is 6.61 Å². The van der Waals surface area contributed by atoms with Crippen LogP contribution in [0.25, 0.3) is 0 Å². The van der Waals surface area contributed by atoms with Crippen LogP contribution in [0.2, 0.25) is 0 Å². The molecule has 3 heterocycles. The van der Waals surface area contributed by atoms with Crippen molar-refractivity contribution in [2.24, 2.45) is 0 Å². The molecule has 9 heteroatoms. The Morgan fingerprint density at radius 1 is 1.45 bits per heavy atom. The molecule has 1 aromatic heterocycles. The lowest BCUT2D eigenvalue weighted by Crippen LogP contribution is -2.37. The van der Waals surface area contributed by atoms with Crippen LogP contribution in [0.5, 0.6) is 5.88 Å². The molecule has 0 radical (unpaired) electrons. The highest BCUT2D eigenvalue weighted by Gasteiger charge is 2.30. The first-order valence-electron chi connectivity index (χ1n) is 6.47. The summed E-state index contributed by atoms with van der Waals surface area (Å²) in [5.41, 5.74) is 0. The van der Waals surface area contributed by atoms with Crippen LogP contribution >= 0.6 is 0 Å². The van der Waals surface area contributed by atoms with Crippen molar-refractivity contribution >= 4 is 10.1 Å². The van der Waals surface area contributed by atoms with E-state index in [0.29, 0.717) is 13.2 Å². The van der Waals surface area contributed by atoms with Gasteiger partial charge >= 0.3 is 10.1 Å². The standard InChI is InChI=1S/C11H16N2O6S/c14-20(15,16)9-5-12-13-6-8(7-18-11(9)13)19-10-3-1-2-4-17-10/h5,8,10H,1-4,6-7H2,(H,14,15,16). The van der Waals surface area contributed by atoms with Crippen molar-refractivity contribution in [2.75, 3.05) is 13.2 Å². The molecule has 112 valence electrons. The Morgan fingerprint density at radius 3 is 3.00 bits per heavy atom. The van der Waals surface area contributed by atoms with Gasteiger partial charge in [-0.25, -0.2) is 4.68 Å². The molecule has 3 rings (SSSR count). The minimum absolute atomic E-state index is 0.0527. The second-order valence-corrected chi connectivity index (χ2v) is 6.23. The van der Waals surface area contributed by atoms with E-state index >= 15 is 0 Å². The van der Waals surface area contributed by atoms with Gasteiger partial charge in [-0.05, 0) is 19.3 Å². The number of nitrogens with zero attached hydrogens (tertiary/aromatic N) is 2. The topological polar surface area (TPSA) is 99.9 Å². The van der Waals surface area contributed by atoms with Crippen LogP contribution in [0.4, 0.5) is 0 Å². The van der Waals surface area contributed by atoms with E-state index in [9.17, 15) is 8.42 Å². The van der Waals surface area contributed by atoms with E-state index < -0.39 is 10.1 Å². The summed E-state index contributed by atoms with van der Waals surface area (Å²) in [6.07, 6.45) is 3.54. The first-order valence-corrected chi connectivity index (χ1v) is 7.91. The summed E-state index contributed by atoms with van der Waals surface area (Å²) >= 11 is 0. The summed E-state index contributed by atoms with van der Waals surface area (Å²) in [7, 11) is -4.32. The molecule has 1 aromatic rings. The van der Waals surface area contributed by atoms with Crippen LogP contribution in [-0.4, -0.2) is 48.4 Å². The van der Waals surface area contributed by atoms with Gasteiger partial charge in [-0.2, -0.15) is 13.5 Å². The molecule has 8 nitrogen and oxygen atoms in total. The van der Waals surface area contributed by atoms with Crippen LogP contribution in [0, 0.1) is 0 Å². The predicted octanol–water partition coefficient (Wildman–Crippen LogP) is 0.434. The Balaban J connectivity index is 1.68. The fourth-order valence-corrected chi connectivity index (χ4v) is 2.91. The molecule has 1 saturated heterocycles. The highest BCUT2D eigenvalue weighted by Crippen LogP contribution is 2.28. The van der Waals surface area contributed by atoms with Gasteiger partial charge in [0.05, 0.1) is 12.7 Å². The smallest absolute Gasteiger partial charge is 0.301 e. The minimum atomic E-state index is -4.32. The predicted molar refractivity (Wildman–Crippen MR) is 66.0 cm³/mol. The van der Waals surface area contributed by atoms with Gasteiger partial charge in [-0.15, -0.1) is 0 Å². The zero-order valence-corrected chi connectivity index (χ0v) is 11.6. The van der Waals surface area contributed by atoms with Crippen LogP contribution in [0.15, 0.2) is 11.1 Å². The zero-order chi connectivity index (χ0) is 14.2. The van der Waals surface area contributed by atoms with Crippen LogP contribution in [0.3, 0.4) is 0 Å². The molecule has 1 fully saturated rings. The van der Waals surface area contributed by atoms with E-state index in [1.54, 1.807) is 0 Å². The van der Waals surface area contributed by atoms with E-state index in [4.69, 9.17) is 18.8 Å². The third-order valence-corrected chi connectivity index (χ3v) is 4.14. The summed E-state index contributed by atoms with van der Waals surface area (Å²) in [4.78, 5) is -0.315. The number of ether oxygens (including phenoxy) is 3. The van der Waals surface area contributed by atoms with Gasteiger partial charge in [-0.1, -0.05) is 0 Å². The molecule has 0 bridgehead atoms. The summed E-state index contributed by atoms with van der Waals surface area (Å²) < 4.78 is 49.3. The Bertz CT molecular complexity index is 578. The summed E-state index contributed by atoms with van der Waals surface area (Å²) in [6.45, 7) is 1.26. The van der Waals surface area contributed by atoms with Crippen molar-refractivity contribution < 1.29 is 27.2 Å². The lowest BCUT2D eigenvalue weighted by Gasteiger charge is -2.30. The van der Waals surface area contributed by atoms with Crippen LogP contribution in [-0.2, 0) is 26.1 Å². The van der Waals surface area contributed by atoms with Gasteiger partial charge in [0.1, 0.15) is 12.7 Å². The molecule has 0 aliphatic carbocycles. The maximum Gasteiger partial charge on any atom is 0.301 e. The van der Waals surface area contributed by atoms with Crippen molar-refractivity contribution in [3.63, 3.8) is 0 Å². The fourth-order valence-electron chi connectivity index (χ4n) is 2.34. The monoisotopic (exact) mass is 304 g/mol. The zero-order valence-electron chi connectivity index (χ0n) is 10.8.